The van der Waals surface area contributed by atoms with Crippen LogP contribution in [-0.4, -0.2) is 21.0 Å². The van der Waals surface area contributed by atoms with E-state index in [1.807, 2.05) is 55.5 Å². The van der Waals surface area contributed by atoms with Gasteiger partial charge in [-0.15, -0.1) is 0 Å². The molecule has 2 N–H and O–H groups in total. The Labute approximate surface area is 173 Å². The van der Waals surface area contributed by atoms with Crippen LogP contribution in [0.25, 0.3) is 28.4 Å². The third-order valence-corrected chi connectivity index (χ3v) is 5.63. The number of rotatable bonds is 5. The molecule has 0 saturated heterocycles. The topological polar surface area (TPSA) is 79.1 Å². The van der Waals surface area contributed by atoms with E-state index in [9.17, 15) is 9.90 Å². The highest BCUT2D eigenvalue weighted by Gasteiger charge is 2.15. The van der Waals surface area contributed by atoms with Gasteiger partial charge in [-0.3, -0.25) is 0 Å². The molecule has 7 heteroatoms. The lowest BCUT2D eigenvalue weighted by molar-refractivity contribution is -0.131. The maximum Gasteiger partial charge on any atom is 0.342 e. The number of hydrogen-bond donors (Lipinski definition) is 2. The maximum absolute atomic E-state index is 11.7. The van der Waals surface area contributed by atoms with Gasteiger partial charge in [0.2, 0.25) is 0 Å². The minimum atomic E-state index is -1.04. The number of aliphatic carboxylic acids is 1. The number of carbonyl (C=O) groups is 1. The minimum absolute atomic E-state index is 0.114. The molecule has 0 saturated carbocycles. The van der Waals surface area contributed by atoms with Crippen LogP contribution in [0.5, 0.6) is 0 Å². The summed E-state index contributed by atoms with van der Waals surface area (Å²) in [6.45, 7) is 2.01. The van der Waals surface area contributed by atoms with Crippen LogP contribution in [0.3, 0.4) is 0 Å². The van der Waals surface area contributed by atoms with Crippen LogP contribution < -0.4 is 0 Å². The molecule has 4 rings (SSSR count). The first kappa shape index (κ1) is 18.6. The summed E-state index contributed by atoms with van der Waals surface area (Å²) in [5.41, 5.74) is 3.70. The van der Waals surface area contributed by atoms with E-state index in [-0.39, 0.29) is 4.91 Å². The van der Waals surface area contributed by atoms with Crippen molar-refractivity contribution < 1.29 is 14.3 Å². The Morgan fingerprint density at radius 2 is 2.04 bits per heavy atom. The quantitative estimate of drug-likeness (QED) is 0.280. The first-order chi connectivity index (χ1) is 13.5. The highest BCUT2D eigenvalue weighted by Crippen LogP contribution is 2.33. The molecule has 0 aliphatic carbocycles. The summed E-state index contributed by atoms with van der Waals surface area (Å²) in [6, 6.07) is 17.1. The summed E-state index contributed by atoms with van der Waals surface area (Å²) < 4.78 is 6.78. The molecule has 0 amide bonds. The molecule has 0 bridgehead atoms. The van der Waals surface area contributed by atoms with Crippen molar-refractivity contribution in [1.82, 2.24) is 9.97 Å². The largest absolute Gasteiger partial charge is 0.477 e. The average molecular weight is 455 g/mol. The van der Waals surface area contributed by atoms with Gasteiger partial charge in [0.15, 0.2) is 5.16 Å². The van der Waals surface area contributed by atoms with Gasteiger partial charge in [0.1, 0.15) is 16.4 Å². The van der Waals surface area contributed by atoms with Gasteiger partial charge in [0.05, 0.1) is 11.0 Å². The first-order valence-corrected chi connectivity index (χ1v) is 10.0. The van der Waals surface area contributed by atoms with Gasteiger partial charge in [0.25, 0.3) is 0 Å². The zero-order valence-electron chi connectivity index (χ0n) is 14.8. The Bertz CT molecular complexity index is 1180. The lowest BCUT2D eigenvalue weighted by Crippen LogP contribution is -1.96. The molecule has 2 aromatic heterocycles. The highest BCUT2D eigenvalue weighted by molar-refractivity contribution is 9.10. The monoisotopic (exact) mass is 454 g/mol. The van der Waals surface area contributed by atoms with E-state index in [1.54, 1.807) is 6.07 Å². The van der Waals surface area contributed by atoms with Crippen molar-refractivity contribution in [3.63, 3.8) is 0 Å². The Balaban J connectivity index is 1.63. The number of benzene rings is 2. The second kappa shape index (κ2) is 7.69. The molecule has 0 aliphatic heterocycles. The summed E-state index contributed by atoms with van der Waals surface area (Å²) in [5, 5.41) is 10.1. The van der Waals surface area contributed by atoms with E-state index < -0.39 is 5.97 Å². The molecule has 2 aromatic carbocycles. The minimum Gasteiger partial charge on any atom is -0.477 e. The third-order valence-electron chi connectivity index (χ3n) is 4.08. The second-order valence-corrected chi connectivity index (χ2v) is 8.05. The van der Waals surface area contributed by atoms with E-state index in [0.717, 1.165) is 38.4 Å². The standard InChI is InChI=1S/C21H15BrN2O3S/c1-12-6-8-14(15(22)10-12)18-9-7-13(27-18)11-19(20(25)26)28-21-23-16-4-2-3-5-17(16)24-21/h2-11H,1H3,(H,23,24)(H,25,26)/b19-11-. The number of nitrogens with one attached hydrogen (secondary N) is 1. The van der Waals surface area contributed by atoms with Crippen molar-refractivity contribution in [2.75, 3.05) is 0 Å². The number of nitrogens with zero attached hydrogens (tertiary/aromatic N) is 1. The molecule has 4 aromatic rings. The van der Waals surface area contributed by atoms with Gasteiger partial charge < -0.3 is 14.5 Å². The number of carboxylic acid groups (broad SMARTS) is 1. The van der Waals surface area contributed by atoms with E-state index in [4.69, 9.17) is 4.42 Å². The van der Waals surface area contributed by atoms with Crippen LogP contribution in [0.4, 0.5) is 0 Å². The van der Waals surface area contributed by atoms with Crippen LogP contribution in [0.15, 0.2) is 73.5 Å². The van der Waals surface area contributed by atoms with Gasteiger partial charge >= 0.3 is 5.97 Å². The number of aromatic amines is 1. The summed E-state index contributed by atoms with van der Waals surface area (Å²) in [6.07, 6.45) is 1.51. The smallest absolute Gasteiger partial charge is 0.342 e. The van der Waals surface area contributed by atoms with E-state index in [0.29, 0.717) is 16.7 Å². The summed E-state index contributed by atoms with van der Waals surface area (Å²) in [4.78, 5) is 19.4. The number of furan rings is 1. The van der Waals surface area contributed by atoms with Crippen LogP contribution >= 0.6 is 27.7 Å². The lowest BCUT2D eigenvalue weighted by Gasteiger charge is -2.02. The Kier molecular flexibility index (Phi) is 5.11. The number of fused-ring (bicyclic) bond motifs is 1. The van der Waals surface area contributed by atoms with Crippen molar-refractivity contribution >= 4 is 50.8 Å². The lowest BCUT2D eigenvalue weighted by atomic mass is 10.1. The zero-order valence-corrected chi connectivity index (χ0v) is 17.2. The van der Waals surface area contributed by atoms with Crippen LogP contribution in [0, 0.1) is 6.92 Å². The van der Waals surface area contributed by atoms with Crippen LogP contribution in [-0.2, 0) is 4.79 Å². The van der Waals surface area contributed by atoms with E-state index in [1.165, 1.54) is 6.08 Å². The first-order valence-electron chi connectivity index (χ1n) is 8.43. The van der Waals surface area contributed by atoms with Gasteiger partial charge in [-0.25, -0.2) is 9.78 Å². The predicted molar refractivity (Wildman–Crippen MR) is 114 cm³/mol. The fraction of sp³-hybridized carbons (Fsp3) is 0.0476. The molecular weight excluding hydrogens is 440 g/mol. The summed E-state index contributed by atoms with van der Waals surface area (Å²) in [7, 11) is 0. The van der Waals surface area contributed by atoms with Crippen molar-refractivity contribution in [1.29, 1.82) is 0 Å². The number of H-pyrrole nitrogens is 1. The second-order valence-electron chi connectivity index (χ2n) is 6.16. The van der Waals surface area contributed by atoms with E-state index in [2.05, 4.69) is 25.9 Å². The molecule has 0 aliphatic rings. The van der Waals surface area contributed by atoms with Crippen molar-refractivity contribution in [2.24, 2.45) is 0 Å². The van der Waals surface area contributed by atoms with E-state index >= 15 is 0 Å². The molecule has 0 fully saturated rings. The fourth-order valence-electron chi connectivity index (χ4n) is 2.74. The highest BCUT2D eigenvalue weighted by atomic mass is 79.9. The SMILES string of the molecule is Cc1ccc(-c2ccc(/C=C(\Sc3nc4ccccc4[nH]3)C(=O)O)o2)c(Br)c1. The summed E-state index contributed by atoms with van der Waals surface area (Å²) >= 11 is 4.60. The fourth-order valence-corrected chi connectivity index (χ4v) is 4.21. The number of halogens is 1. The number of imidazole rings is 1. The molecule has 0 unspecified atom stereocenters. The van der Waals surface area contributed by atoms with Crippen molar-refractivity contribution in [3.05, 3.63) is 75.3 Å². The predicted octanol–water partition coefficient (Wildman–Crippen LogP) is 6.11. The molecular formula is C21H15BrN2O3S. The number of thioether (sulfide) groups is 1. The maximum atomic E-state index is 11.7. The molecule has 5 nitrogen and oxygen atoms in total. The number of aromatic nitrogens is 2. The average Bonchev–Trinajstić information content (AvgIpc) is 3.27. The molecule has 0 atom stereocenters. The number of carboxylic acids is 1. The van der Waals surface area contributed by atoms with Gasteiger partial charge in [0, 0.05) is 16.1 Å². The van der Waals surface area contributed by atoms with Crippen LogP contribution in [0.2, 0.25) is 0 Å². The molecule has 0 spiro atoms. The van der Waals surface area contributed by atoms with Gasteiger partial charge in [-0.1, -0.05) is 34.1 Å². The van der Waals surface area contributed by atoms with Gasteiger partial charge in [-0.05, 0) is 60.6 Å². The summed E-state index contributed by atoms with van der Waals surface area (Å²) in [5.74, 6) is 0.0833. The molecule has 2 heterocycles. The molecule has 28 heavy (non-hydrogen) atoms. The van der Waals surface area contributed by atoms with Crippen molar-refractivity contribution in [2.45, 2.75) is 12.1 Å². The number of para-hydroxylation sites is 2. The van der Waals surface area contributed by atoms with Crippen molar-refractivity contribution in [3.8, 4) is 11.3 Å². The molecule has 140 valence electrons. The molecule has 0 radical (unpaired) electrons. The number of aryl methyl sites for hydroxylation is 1. The van der Waals surface area contributed by atoms with Gasteiger partial charge in [-0.2, -0.15) is 0 Å². The Hall–Kier alpha value is -2.77. The number of hydrogen-bond acceptors (Lipinski definition) is 4. The zero-order chi connectivity index (χ0) is 19.7. The Morgan fingerprint density at radius 3 is 2.79 bits per heavy atom. The normalized spacial score (nSPS) is 11.9. The van der Waals surface area contributed by atoms with Crippen LogP contribution in [0.1, 0.15) is 11.3 Å². The Morgan fingerprint density at radius 1 is 1.21 bits per heavy atom. The third kappa shape index (κ3) is 3.90.